The van der Waals surface area contributed by atoms with Crippen molar-refractivity contribution in [1.82, 2.24) is 0 Å². The fraction of sp³-hybridized carbons (Fsp3) is 0.333. The summed E-state index contributed by atoms with van der Waals surface area (Å²) < 4.78 is 23.7. The lowest BCUT2D eigenvalue weighted by Gasteiger charge is -2.15. The lowest BCUT2D eigenvalue weighted by Crippen LogP contribution is -2.16. The Kier molecular flexibility index (Phi) is 4.44. The molecule has 3 nitrogen and oxygen atoms in total. The van der Waals surface area contributed by atoms with Crippen molar-refractivity contribution in [3.63, 3.8) is 0 Å². The fourth-order valence-corrected chi connectivity index (χ4v) is 1.93. The molecule has 1 aromatic carbocycles. The van der Waals surface area contributed by atoms with Crippen LogP contribution in [0, 0.1) is 5.82 Å². The molecule has 0 aliphatic rings. The number of furan rings is 1. The Hall–Kier alpha value is -1.97. The molecule has 0 aliphatic heterocycles. The van der Waals surface area contributed by atoms with Crippen LogP contribution in [-0.4, -0.2) is 13.2 Å². The van der Waals surface area contributed by atoms with Gasteiger partial charge in [-0.05, 0) is 37.6 Å². The van der Waals surface area contributed by atoms with Gasteiger partial charge in [0.15, 0.2) is 11.6 Å². The van der Waals surface area contributed by atoms with Gasteiger partial charge in [0, 0.05) is 24.2 Å². The first-order valence-corrected chi connectivity index (χ1v) is 6.31. The maximum atomic E-state index is 13.5. The third-order valence-corrected chi connectivity index (χ3v) is 2.97. The molecule has 1 aromatic heterocycles. The Morgan fingerprint density at radius 1 is 1.37 bits per heavy atom. The number of rotatable bonds is 6. The van der Waals surface area contributed by atoms with Gasteiger partial charge in [0.05, 0.1) is 13.4 Å². The quantitative estimate of drug-likeness (QED) is 0.859. The minimum Gasteiger partial charge on any atom is -0.494 e. The van der Waals surface area contributed by atoms with Crippen molar-refractivity contribution in [3.05, 3.63) is 48.2 Å². The minimum absolute atomic E-state index is 0.234. The first kappa shape index (κ1) is 13.5. The third kappa shape index (κ3) is 3.74. The van der Waals surface area contributed by atoms with E-state index in [2.05, 4.69) is 12.2 Å². The summed E-state index contributed by atoms with van der Waals surface area (Å²) in [6.07, 6.45) is 3.45. The van der Waals surface area contributed by atoms with Crippen molar-refractivity contribution >= 4 is 5.69 Å². The zero-order valence-electron chi connectivity index (χ0n) is 11.2. The smallest absolute Gasteiger partial charge is 0.167 e. The van der Waals surface area contributed by atoms with E-state index in [1.165, 1.54) is 13.2 Å². The van der Waals surface area contributed by atoms with Crippen molar-refractivity contribution in [2.45, 2.75) is 25.8 Å². The van der Waals surface area contributed by atoms with Gasteiger partial charge in [0.25, 0.3) is 0 Å². The summed E-state index contributed by atoms with van der Waals surface area (Å²) >= 11 is 0. The Labute approximate surface area is 112 Å². The molecule has 19 heavy (non-hydrogen) atoms. The van der Waals surface area contributed by atoms with Crippen LogP contribution < -0.4 is 10.1 Å². The van der Waals surface area contributed by atoms with E-state index < -0.39 is 0 Å². The summed E-state index contributed by atoms with van der Waals surface area (Å²) in [5.74, 6) is 0.870. The molecule has 4 heteroatoms. The molecule has 0 saturated carbocycles. The summed E-state index contributed by atoms with van der Waals surface area (Å²) in [4.78, 5) is 0. The summed E-state index contributed by atoms with van der Waals surface area (Å²) in [7, 11) is 1.46. The van der Waals surface area contributed by atoms with Gasteiger partial charge in [-0.15, -0.1) is 0 Å². The van der Waals surface area contributed by atoms with Gasteiger partial charge in [-0.1, -0.05) is 0 Å². The molecule has 2 rings (SSSR count). The van der Waals surface area contributed by atoms with Gasteiger partial charge >= 0.3 is 0 Å². The molecule has 0 amide bonds. The van der Waals surface area contributed by atoms with E-state index in [-0.39, 0.29) is 17.6 Å². The zero-order chi connectivity index (χ0) is 13.7. The highest BCUT2D eigenvalue weighted by Gasteiger charge is 2.07. The normalized spacial score (nSPS) is 12.2. The largest absolute Gasteiger partial charge is 0.494 e. The Morgan fingerprint density at radius 2 is 2.21 bits per heavy atom. The van der Waals surface area contributed by atoms with Crippen LogP contribution in [0.5, 0.6) is 5.75 Å². The molecular formula is C15H18FNO2. The van der Waals surface area contributed by atoms with Gasteiger partial charge in [-0.3, -0.25) is 0 Å². The van der Waals surface area contributed by atoms with Crippen molar-refractivity contribution < 1.29 is 13.5 Å². The molecule has 1 unspecified atom stereocenters. The second-order valence-electron chi connectivity index (χ2n) is 4.51. The number of aryl methyl sites for hydroxylation is 1. The molecule has 0 radical (unpaired) electrons. The molecule has 0 bridgehead atoms. The highest BCUT2D eigenvalue weighted by atomic mass is 19.1. The molecule has 0 saturated heterocycles. The van der Waals surface area contributed by atoms with Crippen LogP contribution in [0.2, 0.25) is 0 Å². The molecule has 0 fully saturated rings. The van der Waals surface area contributed by atoms with Gasteiger partial charge in [-0.25, -0.2) is 4.39 Å². The van der Waals surface area contributed by atoms with Crippen LogP contribution in [-0.2, 0) is 6.42 Å². The topological polar surface area (TPSA) is 34.4 Å². The molecule has 0 spiro atoms. The van der Waals surface area contributed by atoms with Crippen molar-refractivity contribution in [3.8, 4) is 5.75 Å². The zero-order valence-corrected chi connectivity index (χ0v) is 11.2. The summed E-state index contributed by atoms with van der Waals surface area (Å²) in [5.41, 5.74) is 0.755. The monoisotopic (exact) mass is 263 g/mol. The maximum Gasteiger partial charge on any atom is 0.167 e. The summed E-state index contributed by atoms with van der Waals surface area (Å²) in [5, 5.41) is 3.26. The van der Waals surface area contributed by atoms with Crippen molar-refractivity contribution in [2.75, 3.05) is 12.4 Å². The van der Waals surface area contributed by atoms with E-state index in [1.807, 2.05) is 18.2 Å². The molecule has 1 atom stereocenters. The van der Waals surface area contributed by atoms with Crippen LogP contribution in [0.4, 0.5) is 10.1 Å². The number of hydrogen-bond acceptors (Lipinski definition) is 3. The second-order valence-corrected chi connectivity index (χ2v) is 4.51. The fourth-order valence-electron chi connectivity index (χ4n) is 1.93. The first-order valence-electron chi connectivity index (χ1n) is 6.31. The molecular weight excluding hydrogens is 245 g/mol. The van der Waals surface area contributed by atoms with E-state index in [1.54, 1.807) is 12.3 Å². The lowest BCUT2D eigenvalue weighted by molar-refractivity contribution is 0.386. The maximum absolute atomic E-state index is 13.5. The number of methoxy groups -OCH3 is 1. The Morgan fingerprint density at radius 3 is 2.84 bits per heavy atom. The number of benzene rings is 1. The molecule has 2 aromatic rings. The SMILES string of the molecule is COc1ccc(NC(C)CCc2ccco2)cc1F. The van der Waals surface area contributed by atoms with Crippen LogP contribution in [0.15, 0.2) is 41.0 Å². The molecule has 1 heterocycles. The van der Waals surface area contributed by atoms with Gasteiger partial charge < -0.3 is 14.5 Å². The van der Waals surface area contributed by atoms with Gasteiger partial charge in [-0.2, -0.15) is 0 Å². The Balaban J connectivity index is 1.88. The van der Waals surface area contributed by atoms with E-state index in [9.17, 15) is 4.39 Å². The molecule has 102 valence electrons. The Bertz CT molecular complexity index is 511. The van der Waals surface area contributed by atoms with E-state index in [0.29, 0.717) is 0 Å². The second kappa shape index (κ2) is 6.27. The number of halogens is 1. The lowest BCUT2D eigenvalue weighted by atomic mass is 10.1. The molecule has 1 N–H and O–H groups in total. The third-order valence-electron chi connectivity index (χ3n) is 2.97. The predicted molar refractivity (Wildman–Crippen MR) is 73.1 cm³/mol. The predicted octanol–water partition coefficient (Wildman–Crippen LogP) is 3.86. The van der Waals surface area contributed by atoms with Gasteiger partial charge in [0.2, 0.25) is 0 Å². The number of ether oxygens (including phenoxy) is 1. The summed E-state index contributed by atoms with van der Waals surface area (Å²) in [6.45, 7) is 2.06. The minimum atomic E-state index is -0.356. The highest BCUT2D eigenvalue weighted by molar-refractivity contribution is 5.47. The summed E-state index contributed by atoms with van der Waals surface area (Å²) in [6, 6.07) is 8.95. The van der Waals surface area contributed by atoms with Crippen molar-refractivity contribution in [2.24, 2.45) is 0 Å². The average Bonchev–Trinajstić information content (AvgIpc) is 2.90. The average molecular weight is 263 g/mol. The van der Waals surface area contributed by atoms with E-state index in [4.69, 9.17) is 9.15 Å². The van der Waals surface area contributed by atoms with Gasteiger partial charge in [0.1, 0.15) is 5.76 Å². The molecule has 0 aliphatic carbocycles. The van der Waals surface area contributed by atoms with Crippen LogP contribution in [0.3, 0.4) is 0 Å². The van der Waals surface area contributed by atoms with Crippen LogP contribution >= 0.6 is 0 Å². The van der Waals surface area contributed by atoms with Crippen molar-refractivity contribution in [1.29, 1.82) is 0 Å². The van der Waals surface area contributed by atoms with Crippen LogP contribution in [0.1, 0.15) is 19.1 Å². The van der Waals surface area contributed by atoms with E-state index >= 15 is 0 Å². The van der Waals surface area contributed by atoms with Crippen LogP contribution in [0.25, 0.3) is 0 Å². The highest BCUT2D eigenvalue weighted by Crippen LogP contribution is 2.21. The number of anilines is 1. The standard InChI is InChI=1S/C15H18FNO2/c1-11(5-7-13-4-3-9-19-13)17-12-6-8-15(18-2)14(16)10-12/h3-4,6,8-11,17H,5,7H2,1-2H3. The number of hydrogen-bond donors (Lipinski definition) is 1. The number of nitrogens with one attached hydrogen (secondary N) is 1. The first-order chi connectivity index (χ1) is 9.19. The van der Waals surface area contributed by atoms with E-state index in [0.717, 1.165) is 24.3 Å².